The van der Waals surface area contributed by atoms with E-state index in [4.69, 9.17) is 4.74 Å². The third-order valence-corrected chi connectivity index (χ3v) is 4.21. The number of nitrogens with one attached hydrogen (secondary N) is 2. The Kier molecular flexibility index (Phi) is 5.81. The van der Waals surface area contributed by atoms with E-state index < -0.39 is 5.97 Å². The third-order valence-electron chi connectivity index (χ3n) is 4.21. The molecule has 0 unspecified atom stereocenters. The summed E-state index contributed by atoms with van der Waals surface area (Å²) in [5.41, 5.74) is 1.12. The molecule has 2 N–H and O–H groups in total. The molecular formula is C17H24N2O3. The highest BCUT2D eigenvalue weighted by Gasteiger charge is 2.23. The molecule has 1 aliphatic rings. The zero-order valence-corrected chi connectivity index (χ0v) is 13.2. The lowest BCUT2D eigenvalue weighted by molar-refractivity contribution is -0.125. The van der Waals surface area contributed by atoms with Crippen LogP contribution in [0.2, 0.25) is 0 Å². The van der Waals surface area contributed by atoms with Crippen LogP contribution in [0.15, 0.2) is 24.3 Å². The van der Waals surface area contributed by atoms with E-state index >= 15 is 0 Å². The van der Waals surface area contributed by atoms with E-state index in [-0.39, 0.29) is 18.6 Å². The van der Waals surface area contributed by atoms with E-state index in [0.717, 1.165) is 19.3 Å². The van der Waals surface area contributed by atoms with Gasteiger partial charge in [0.05, 0.1) is 5.56 Å². The van der Waals surface area contributed by atoms with Crippen LogP contribution in [-0.2, 0) is 9.53 Å². The summed E-state index contributed by atoms with van der Waals surface area (Å²) in [5.74, 6) is -0.232. The maximum Gasteiger partial charge on any atom is 0.340 e. The average molecular weight is 304 g/mol. The van der Waals surface area contributed by atoms with Gasteiger partial charge in [-0.2, -0.15) is 0 Å². The quantitative estimate of drug-likeness (QED) is 0.821. The average Bonchev–Trinajstić information content (AvgIpc) is 2.54. The van der Waals surface area contributed by atoms with Crippen molar-refractivity contribution in [3.05, 3.63) is 29.8 Å². The fraction of sp³-hybridized carbons (Fsp3) is 0.529. The van der Waals surface area contributed by atoms with Crippen molar-refractivity contribution in [2.45, 2.75) is 38.6 Å². The monoisotopic (exact) mass is 304 g/mol. The van der Waals surface area contributed by atoms with Crippen LogP contribution in [0.4, 0.5) is 5.69 Å². The molecule has 120 valence electrons. The van der Waals surface area contributed by atoms with E-state index in [1.807, 2.05) is 6.07 Å². The van der Waals surface area contributed by atoms with Crippen molar-refractivity contribution in [2.24, 2.45) is 5.92 Å². The molecule has 22 heavy (non-hydrogen) atoms. The van der Waals surface area contributed by atoms with Gasteiger partial charge in [-0.1, -0.05) is 31.9 Å². The third kappa shape index (κ3) is 4.23. The minimum atomic E-state index is -0.489. The molecule has 2 atom stereocenters. The maximum atomic E-state index is 12.0. The second-order valence-electron chi connectivity index (χ2n) is 5.81. The topological polar surface area (TPSA) is 67.4 Å². The van der Waals surface area contributed by atoms with Gasteiger partial charge in [-0.3, -0.25) is 4.79 Å². The molecule has 0 aliphatic heterocycles. The van der Waals surface area contributed by atoms with Gasteiger partial charge < -0.3 is 15.4 Å². The summed E-state index contributed by atoms with van der Waals surface area (Å²) in [5, 5.41) is 5.91. The summed E-state index contributed by atoms with van der Waals surface area (Å²) >= 11 is 0. The number of anilines is 1. The largest absolute Gasteiger partial charge is 0.452 e. The predicted octanol–water partition coefficient (Wildman–Crippen LogP) is 2.58. The number of para-hydroxylation sites is 1. The molecule has 1 aromatic carbocycles. The van der Waals surface area contributed by atoms with E-state index in [1.165, 1.54) is 6.42 Å². The molecule has 0 aromatic heterocycles. The van der Waals surface area contributed by atoms with Crippen LogP contribution in [0, 0.1) is 5.92 Å². The number of hydrogen-bond acceptors (Lipinski definition) is 4. The molecule has 1 aliphatic carbocycles. The Morgan fingerprint density at radius 3 is 2.68 bits per heavy atom. The molecule has 2 rings (SSSR count). The highest BCUT2D eigenvalue weighted by Crippen LogP contribution is 2.23. The van der Waals surface area contributed by atoms with E-state index in [1.54, 1.807) is 25.2 Å². The number of hydrogen-bond donors (Lipinski definition) is 2. The van der Waals surface area contributed by atoms with Crippen molar-refractivity contribution >= 4 is 17.6 Å². The van der Waals surface area contributed by atoms with E-state index in [0.29, 0.717) is 17.2 Å². The first-order chi connectivity index (χ1) is 10.6. The summed E-state index contributed by atoms with van der Waals surface area (Å²) in [6.45, 7) is 1.92. The highest BCUT2D eigenvalue weighted by atomic mass is 16.5. The maximum absolute atomic E-state index is 12.0. The highest BCUT2D eigenvalue weighted by molar-refractivity contribution is 5.96. The lowest BCUT2D eigenvalue weighted by Crippen LogP contribution is -2.42. The Morgan fingerprint density at radius 1 is 1.23 bits per heavy atom. The molecule has 0 saturated heterocycles. The summed E-state index contributed by atoms with van der Waals surface area (Å²) < 4.78 is 5.12. The summed E-state index contributed by atoms with van der Waals surface area (Å²) in [7, 11) is 1.74. The van der Waals surface area contributed by atoms with E-state index in [9.17, 15) is 9.59 Å². The van der Waals surface area contributed by atoms with Crippen molar-refractivity contribution in [2.75, 3.05) is 19.0 Å². The van der Waals surface area contributed by atoms with Gasteiger partial charge in [-0.05, 0) is 30.9 Å². The molecule has 5 heteroatoms. The molecule has 1 saturated carbocycles. The lowest BCUT2D eigenvalue weighted by atomic mass is 9.86. The van der Waals surface area contributed by atoms with Crippen molar-refractivity contribution in [1.29, 1.82) is 0 Å². The molecule has 0 bridgehead atoms. The van der Waals surface area contributed by atoms with Crippen molar-refractivity contribution < 1.29 is 14.3 Å². The smallest absolute Gasteiger partial charge is 0.340 e. The molecule has 0 radical (unpaired) electrons. The van der Waals surface area contributed by atoms with Crippen molar-refractivity contribution in [1.82, 2.24) is 5.32 Å². The SMILES string of the molecule is CNc1ccccc1C(=O)OCC(=O)N[C@H]1CCCC[C@H]1C. The summed E-state index contributed by atoms with van der Waals surface area (Å²) in [4.78, 5) is 24.0. The number of carbonyl (C=O) groups is 2. The summed E-state index contributed by atoms with van der Waals surface area (Å²) in [6, 6.07) is 7.26. The standard InChI is InChI=1S/C17H24N2O3/c1-12-7-3-5-9-14(12)19-16(20)11-22-17(21)13-8-4-6-10-15(13)18-2/h4,6,8,10,12,14,18H,3,5,7,9,11H2,1-2H3,(H,19,20)/t12-,14+/m1/s1. The normalized spacial score (nSPS) is 21.0. The summed E-state index contributed by atoms with van der Waals surface area (Å²) in [6.07, 6.45) is 4.51. The van der Waals surface area contributed by atoms with Crippen LogP contribution in [0.5, 0.6) is 0 Å². The van der Waals surface area contributed by atoms with Crippen LogP contribution in [0.3, 0.4) is 0 Å². The van der Waals surface area contributed by atoms with Gasteiger partial charge in [0.25, 0.3) is 5.91 Å². The Labute approximate surface area is 131 Å². The molecule has 0 heterocycles. The molecule has 0 spiro atoms. The molecule has 1 fully saturated rings. The Hall–Kier alpha value is -2.04. The van der Waals surface area contributed by atoms with Crippen LogP contribution in [-0.4, -0.2) is 31.6 Å². The fourth-order valence-electron chi connectivity index (χ4n) is 2.87. The lowest BCUT2D eigenvalue weighted by Gasteiger charge is -2.29. The zero-order valence-electron chi connectivity index (χ0n) is 13.2. The number of amides is 1. The predicted molar refractivity (Wildman–Crippen MR) is 85.8 cm³/mol. The van der Waals surface area contributed by atoms with Gasteiger partial charge in [0.1, 0.15) is 0 Å². The van der Waals surface area contributed by atoms with Crippen LogP contribution >= 0.6 is 0 Å². The first-order valence-electron chi connectivity index (χ1n) is 7.85. The van der Waals surface area contributed by atoms with Gasteiger partial charge in [0, 0.05) is 18.8 Å². The number of benzene rings is 1. The Balaban J connectivity index is 1.84. The first kappa shape index (κ1) is 16.3. The molecule has 5 nitrogen and oxygen atoms in total. The van der Waals surface area contributed by atoms with Gasteiger partial charge >= 0.3 is 5.97 Å². The van der Waals surface area contributed by atoms with Crippen LogP contribution in [0.25, 0.3) is 0 Å². The first-order valence-corrected chi connectivity index (χ1v) is 7.85. The molecule has 1 aromatic rings. The van der Waals surface area contributed by atoms with Gasteiger partial charge in [0.15, 0.2) is 6.61 Å². The van der Waals surface area contributed by atoms with Crippen molar-refractivity contribution in [3.8, 4) is 0 Å². The Morgan fingerprint density at radius 2 is 1.95 bits per heavy atom. The fourth-order valence-corrected chi connectivity index (χ4v) is 2.87. The van der Waals surface area contributed by atoms with Gasteiger partial charge in [0.2, 0.25) is 0 Å². The Bertz CT molecular complexity index is 530. The van der Waals surface area contributed by atoms with Gasteiger partial charge in [-0.25, -0.2) is 4.79 Å². The second-order valence-corrected chi connectivity index (χ2v) is 5.81. The number of esters is 1. The van der Waals surface area contributed by atoms with Crippen LogP contribution < -0.4 is 10.6 Å². The van der Waals surface area contributed by atoms with E-state index in [2.05, 4.69) is 17.6 Å². The molecular weight excluding hydrogens is 280 g/mol. The second kappa shape index (κ2) is 7.82. The molecule has 1 amide bonds. The minimum Gasteiger partial charge on any atom is -0.452 e. The number of ether oxygens (including phenoxy) is 1. The minimum absolute atomic E-state index is 0.199. The van der Waals surface area contributed by atoms with Crippen molar-refractivity contribution in [3.63, 3.8) is 0 Å². The van der Waals surface area contributed by atoms with Gasteiger partial charge in [-0.15, -0.1) is 0 Å². The zero-order chi connectivity index (χ0) is 15.9. The number of rotatable bonds is 5. The van der Waals surface area contributed by atoms with Crippen LogP contribution in [0.1, 0.15) is 43.0 Å². The number of carbonyl (C=O) groups excluding carboxylic acids is 2.